The first-order chi connectivity index (χ1) is 15.1. The van der Waals surface area contributed by atoms with E-state index < -0.39 is 15.9 Å². The molecule has 9 heteroatoms. The maximum Gasteiger partial charge on any atom is 0.264 e. The van der Waals surface area contributed by atoms with Crippen LogP contribution in [0.1, 0.15) is 22.8 Å². The smallest absolute Gasteiger partial charge is 0.264 e. The fourth-order valence-corrected chi connectivity index (χ4v) is 4.35. The SMILES string of the molecule is CC(=O)Nc1ccc(Cl)c(NC(=O)c2cccc(S(=O)(=O)N(C)c3ccc(C)cc3)c2)c1. The van der Waals surface area contributed by atoms with Gasteiger partial charge in [-0.3, -0.25) is 13.9 Å². The van der Waals surface area contributed by atoms with E-state index in [0.29, 0.717) is 11.4 Å². The predicted molar refractivity (Wildman–Crippen MR) is 127 cm³/mol. The molecule has 3 aromatic rings. The zero-order valence-corrected chi connectivity index (χ0v) is 19.3. The molecule has 0 unspecified atom stereocenters. The Morgan fingerprint density at radius 2 is 1.62 bits per heavy atom. The number of nitrogens with zero attached hydrogens (tertiary/aromatic N) is 1. The standard InChI is InChI=1S/C23H22ClN3O4S/c1-15-7-10-19(11-8-15)27(3)32(30,31)20-6-4-5-17(13-20)23(29)26-22-14-18(25-16(2)28)9-12-21(22)24/h4-14H,1-3H3,(H,25,28)(H,26,29). The lowest BCUT2D eigenvalue weighted by Crippen LogP contribution is -2.26. The number of amides is 2. The summed E-state index contributed by atoms with van der Waals surface area (Å²) in [4.78, 5) is 24.0. The average molecular weight is 472 g/mol. The van der Waals surface area contributed by atoms with E-state index in [1.807, 2.05) is 19.1 Å². The molecule has 0 aliphatic heterocycles. The van der Waals surface area contributed by atoms with Crippen molar-refractivity contribution in [3.05, 3.63) is 82.9 Å². The van der Waals surface area contributed by atoms with Crippen LogP contribution in [0, 0.1) is 6.92 Å². The number of benzene rings is 3. The Morgan fingerprint density at radius 3 is 2.28 bits per heavy atom. The van der Waals surface area contributed by atoms with Gasteiger partial charge in [0.2, 0.25) is 5.91 Å². The highest BCUT2D eigenvalue weighted by atomic mass is 35.5. The van der Waals surface area contributed by atoms with Crippen LogP contribution in [-0.2, 0) is 14.8 Å². The van der Waals surface area contributed by atoms with E-state index in [4.69, 9.17) is 11.6 Å². The Bertz CT molecular complexity index is 1270. The second-order valence-electron chi connectivity index (χ2n) is 7.17. The summed E-state index contributed by atoms with van der Waals surface area (Å²) in [5.74, 6) is -0.804. The first kappa shape index (κ1) is 23.3. The van der Waals surface area contributed by atoms with Crippen LogP contribution in [0.4, 0.5) is 17.1 Å². The molecular weight excluding hydrogens is 450 g/mol. The van der Waals surface area contributed by atoms with Crippen molar-refractivity contribution in [1.82, 2.24) is 0 Å². The van der Waals surface area contributed by atoms with E-state index in [1.165, 1.54) is 44.3 Å². The van der Waals surface area contributed by atoms with Gasteiger partial charge in [-0.2, -0.15) is 0 Å². The van der Waals surface area contributed by atoms with Gasteiger partial charge in [0.25, 0.3) is 15.9 Å². The lowest BCUT2D eigenvalue weighted by Gasteiger charge is -2.20. The molecule has 0 bridgehead atoms. The molecule has 32 heavy (non-hydrogen) atoms. The maximum atomic E-state index is 13.1. The average Bonchev–Trinajstić information content (AvgIpc) is 2.75. The number of anilines is 3. The summed E-state index contributed by atoms with van der Waals surface area (Å²) in [6.07, 6.45) is 0. The molecule has 3 aromatic carbocycles. The highest BCUT2D eigenvalue weighted by molar-refractivity contribution is 7.92. The quantitative estimate of drug-likeness (QED) is 0.545. The number of carbonyl (C=O) groups excluding carboxylic acids is 2. The fraction of sp³-hybridized carbons (Fsp3) is 0.130. The molecule has 2 N–H and O–H groups in total. The molecule has 0 spiro atoms. The monoisotopic (exact) mass is 471 g/mol. The third kappa shape index (κ3) is 5.27. The Hall–Kier alpha value is -3.36. The van der Waals surface area contributed by atoms with Crippen molar-refractivity contribution in [2.75, 3.05) is 22.0 Å². The minimum Gasteiger partial charge on any atom is -0.326 e. The number of rotatable bonds is 6. The van der Waals surface area contributed by atoms with Gasteiger partial charge >= 0.3 is 0 Å². The van der Waals surface area contributed by atoms with Gasteiger partial charge in [0.05, 0.1) is 21.3 Å². The van der Waals surface area contributed by atoms with E-state index >= 15 is 0 Å². The molecule has 2 amide bonds. The number of nitrogens with one attached hydrogen (secondary N) is 2. The summed E-state index contributed by atoms with van der Waals surface area (Å²) in [6, 6.07) is 17.5. The molecule has 166 valence electrons. The van der Waals surface area contributed by atoms with Crippen molar-refractivity contribution < 1.29 is 18.0 Å². The third-order valence-corrected chi connectivity index (χ3v) is 6.80. The highest BCUT2D eigenvalue weighted by Crippen LogP contribution is 2.27. The predicted octanol–water partition coefficient (Wildman–Crippen LogP) is 4.68. The van der Waals surface area contributed by atoms with Crippen molar-refractivity contribution in [2.45, 2.75) is 18.7 Å². The first-order valence-corrected chi connectivity index (χ1v) is 11.4. The molecule has 0 heterocycles. The minimum absolute atomic E-state index is 0.0219. The summed E-state index contributed by atoms with van der Waals surface area (Å²) in [5.41, 5.74) is 2.41. The molecule has 7 nitrogen and oxygen atoms in total. The zero-order valence-electron chi connectivity index (χ0n) is 17.7. The number of aryl methyl sites for hydroxylation is 1. The van der Waals surface area contributed by atoms with Crippen LogP contribution in [0.15, 0.2) is 71.6 Å². The Balaban J connectivity index is 1.86. The Labute approximate surface area is 192 Å². The van der Waals surface area contributed by atoms with E-state index in [9.17, 15) is 18.0 Å². The second kappa shape index (κ2) is 9.42. The minimum atomic E-state index is -3.88. The molecule has 0 atom stereocenters. The zero-order chi connectivity index (χ0) is 23.5. The highest BCUT2D eigenvalue weighted by Gasteiger charge is 2.22. The molecule has 0 fully saturated rings. The molecule has 0 aliphatic carbocycles. The van der Waals surface area contributed by atoms with Crippen LogP contribution in [0.5, 0.6) is 0 Å². The maximum absolute atomic E-state index is 13.1. The van der Waals surface area contributed by atoms with E-state index in [-0.39, 0.29) is 27.1 Å². The first-order valence-electron chi connectivity index (χ1n) is 9.62. The van der Waals surface area contributed by atoms with Crippen molar-refractivity contribution in [1.29, 1.82) is 0 Å². The number of sulfonamides is 1. The van der Waals surface area contributed by atoms with Crippen LogP contribution >= 0.6 is 11.6 Å². The van der Waals surface area contributed by atoms with Gasteiger partial charge in [-0.25, -0.2) is 8.42 Å². The van der Waals surface area contributed by atoms with Crippen molar-refractivity contribution in [3.63, 3.8) is 0 Å². The van der Waals surface area contributed by atoms with Crippen LogP contribution in [0.25, 0.3) is 0 Å². The Morgan fingerprint density at radius 1 is 0.938 bits per heavy atom. The molecule has 0 saturated carbocycles. The van der Waals surface area contributed by atoms with E-state index in [1.54, 1.807) is 24.3 Å². The van der Waals surface area contributed by atoms with Gasteiger partial charge < -0.3 is 10.6 Å². The number of carbonyl (C=O) groups is 2. The van der Waals surface area contributed by atoms with Crippen LogP contribution in [0.2, 0.25) is 5.02 Å². The van der Waals surface area contributed by atoms with E-state index in [2.05, 4.69) is 10.6 Å². The van der Waals surface area contributed by atoms with Crippen LogP contribution in [-0.4, -0.2) is 27.3 Å². The van der Waals surface area contributed by atoms with Crippen LogP contribution < -0.4 is 14.9 Å². The third-order valence-electron chi connectivity index (χ3n) is 4.69. The number of hydrogen-bond donors (Lipinski definition) is 2. The van der Waals surface area contributed by atoms with Crippen molar-refractivity contribution in [3.8, 4) is 0 Å². The van der Waals surface area contributed by atoms with Gasteiger partial charge in [0.15, 0.2) is 0 Å². The van der Waals surface area contributed by atoms with Crippen LogP contribution in [0.3, 0.4) is 0 Å². The number of hydrogen-bond acceptors (Lipinski definition) is 4. The van der Waals surface area contributed by atoms with Gasteiger partial charge in [-0.15, -0.1) is 0 Å². The van der Waals surface area contributed by atoms with Gasteiger partial charge in [-0.05, 0) is 55.5 Å². The normalized spacial score (nSPS) is 11.0. The fourth-order valence-electron chi connectivity index (χ4n) is 2.95. The molecule has 0 saturated heterocycles. The molecule has 0 aliphatic rings. The molecule has 3 rings (SSSR count). The van der Waals surface area contributed by atoms with Gasteiger partial charge in [0, 0.05) is 25.2 Å². The summed E-state index contributed by atoms with van der Waals surface area (Å²) >= 11 is 6.16. The summed E-state index contributed by atoms with van der Waals surface area (Å²) in [5, 5.41) is 5.54. The number of halogens is 1. The lowest BCUT2D eigenvalue weighted by molar-refractivity contribution is -0.114. The summed E-state index contributed by atoms with van der Waals surface area (Å²) in [7, 11) is -2.42. The second-order valence-corrected chi connectivity index (χ2v) is 9.54. The largest absolute Gasteiger partial charge is 0.326 e. The molecular formula is C23H22ClN3O4S. The van der Waals surface area contributed by atoms with Gasteiger partial charge in [0.1, 0.15) is 0 Å². The van der Waals surface area contributed by atoms with E-state index in [0.717, 1.165) is 9.87 Å². The van der Waals surface area contributed by atoms with Gasteiger partial charge in [-0.1, -0.05) is 35.4 Å². The summed E-state index contributed by atoms with van der Waals surface area (Å²) < 4.78 is 27.3. The van der Waals surface area contributed by atoms with Crippen molar-refractivity contribution in [2.24, 2.45) is 0 Å². The summed E-state index contributed by atoms with van der Waals surface area (Å²) in [6.45, 7) is 3.28. The lowest BCUT2D eigenvalue weighted by atomic mass is 10.2. The Kier molecular flexibility index (Phi) is 6.86. The topological polar surface area (TPSA) is 95.6 Å². The molecule has 0 aromatic heterocycles. The van der Waals surface area contributed by atoms with Crippen molar-refractivity contribution >= 4 is 50.5 Å². The molecule has 0 radical (unpaired) electrons.